The molecule has 2 aromatic heterocycles. The van der Waals surface area contributed by atoms with E-state index in [2.05, 4.69) is 25.9 Å². The Kier molecular flexibility index (Phi) is 7.00. The minimum absolute atomic E-state index is 0.00704. The van der Waals surface area contributed by atoms with Gasteiger partial charge in [-0.1, -0.05) is 24.3 Å². The summed E-state index contributed by atoms with van der Waals surface area (Å²) in [6.45, 7) is 1.85. The van der Waals surface area contributed by atoms with Crippen molar-refractivity contribution < 1.29 is 19.5 Å². The highest BCUT2D eigenvalue weighted by atomic mass is 16.4. The van der Waals surface area contributed by atoms with Crippen LogP contribution in [0.2, 0.25) is 0 Å². The number of hydrogen-bond donors (Lipinski definition) is 5. The fourth-order valence-corrected chi connectivity index (χ4v) is 4.18. The molecule has 2 amide bonds. The minimum Gasteiger partial charge on any atom is -0.478 e. The number of nitrogens with two attached hydrogens (primary N) is 1. The van der Waals surface area contributed by atoms with Crippen molar-refractivity contribution >= 4 is 40.5 Å². The Labute approximate surface area is 231 Å². The molecule has 0 unspecified atom stereocenters. The number of imidazole rings is 1. The molecule has 3 aromatic carbocycles. The van der Waals surface area contributed by atoms with Crippen LogP contribution in [-0.4, -0.2) is 37.3 Å². The third kappa shape index (κ3) is 5.36. The average molecular weight is 554 g/mol. The number of anilines is 3. The van der Waals surface area contributed by atoms with E-state index < -0.39 is 34.7 Å². The van der Waals surface area contributed by atoms with Gasteiger partial charge in [0.2, 0.25) is 0 Å². The summed E-state index contributed by atoms with van der Waals surface area (Å²) in [5.74, 6) is -2.07. The van der Waals surface area contributed by atoms with Gasteiger partial charge in [0.1, 0.15) is 29.1 Å². The molecule has 2 heterocycles. The van der Waals surface area contributed by atoms with E-state index in [1.54, 1.807) is 43.3 Å². The lowest BCUT2D eigenvalue weighted by atomic mass is 10.1. The number of carbonyl (C=O) groups excluding carboxylic acids is 2. The Morgan fingerprint density at radius 1 is 1.02 bits per heavy atom. The minimum atomic E-state index is -1.05. The fourth-order valence-electron chi connectivity index (χ4n) is 4.18. The molecule has 0 saturated heterocycles. The maximum Gasteiger partial charge on any atom is 0.335 e. The average Bonchev–Trinajstić information content (AvgIpc) is 3.46. The molecule has 13 nitrogen and oxygen atoms in total. The number of rotatable bonds is 9. The summed E-state index contributed by atoms with van der Waals surface area (Å²) in [5.41, 5.74) is 6.51. The first-order chi connectivity index (χ1) is 19.6. The summed E-state index contributed by atoms with van der Waals surface area (Å²) >= 11 is 0. The molecule has 0 aliphatic carbocycles. The molecule has 0 radical (unpaired) electrons. The second-order valence-electron chi connectivity index (χ2n) is 9.23. The number of nitrogens with one attached hydrogen (secondary N) is 3. The Morgan fingerprint density at radius 3 is 2.49 bits per heavy atom. The highest BCUT2D eigenvalue weighted by Gasteiger charge is 2.20. The Balaban J connectivity index is 1.29. The molecule has 0 fully saturated rings. The predicted molar refractivity (Wildman–Crippen MR) is 149 cm³/mol. The molecule has 41 heavy (non-hydrogen) atoms. The number of aromatic carboxylic acids is 1. The molecular weight excluding hydrogens is 530 g/mol. The number of carboxylic acid groups (broad SMARTS) is 1. The Bertz CT molecular complexity index is 1890. The van der Waals surface area contributed by atoms with Crippen LogP contribution in [0.25, 0.3) is 5.65 Å². The Hall–Kier alpha value is -5.85. The van der Waals surface area contributed by atoms with E-state index in [0.717, 1.165) is 0 Å². The Morgan fingerprint density at radius 2 is 1.78 bits per heavy atom. The first kappa shape index (κ1) is 26.7. The number of amides is 2. The van der Waals surface area contributed by atoms with Crippen molar-refractivity contribution in [1.82, 2.24) is 25.0 Å². The van der Waals surface area contributed by atoms with Gasteiger partial charge in [-0.25, -0.2) is 14.8 Å². The smallest absolute Gasteiger partial charge is 0.335 e. The summed E-state index contributed by atoms with van der Waals surface area (Å²) in [7, 11) is 0. The standard InChI is InChI=1S/C28H23N7O6/c1-14(16-5-7-17(8-6-16)28(40)41)32-27(39)20-10-19(34-21-12-30-13-35(20)21)26(38)31-11-15-3-2-4-18(9-15)33-23-22(29)24(36)25(23)37/h2-10,12-14,33H,11,29H2,1H3,(H,31,38)(H,32,39)(H,40,41)/t14-/m1/s1. The predicted octanol–water partition coefficient (Wildman–Crippen LogP) is 1.77. The maximum atomic E-state index is 13.2. The monoisotopic (exact) mass is 553 g/mol. The molecule has 206 valence electrons. The van der Waals surface area contributed by atoms with Crippen molar-refractivity contribution in [2.24, 2.45) is 0 Å². The van der Waals surface area contributed by atoms with Crippen LogP contribution in [0.5, 0.6) is 0 Å². The highest BCUT2D eigenvalue weighted by Crippen LogP contribution is 2.20. The van der Waals surface area contributed by atoms with Gasteiger partial charge in [0.25, 0.3) is 22.7 Å². The van der Waals surface area contributed by atoms with Crippen LogP contribution < -0.4 is 32.5 Å². The lowest BCUT2D eigenvalue weighted by Gasteiger charge is -2.16. The van der Waals surface area contributed by atoms with E-state index in [4.69, 9.17) is 10.8 Å². The topological polar surface area (TPSA) is 198 Å². The molecule has 1 atom stereocenters. The van der Waals surface area contributed by atoms with Crippen LogP contribution in [0.1, 0.15) is 55.4 Å². The zero-order valence-corrected chi connectivity index (χ0v) is 21.5. The van der Waals surface area contributed by atoms with Gasteiger partial charge in [-0.2, -0.15) is 0 Å². The van der Waals surface area contributed by atoms with Gasteiger partial charge in [-0.3, -0.25) is 23.6 Å². The van der Waals surface area contributed by atoms with Crippen LogP contribution >= 0.6 is 0 Å². The fraction of sp³-hybridized carbons (Fsp3) is 0.107. The van der Waals surface area contributed by atoms with Gasteiger partial charge in [-0.15, -0.1) is 0 Å². The van der Waals surface area contributed by atoms with Crippen LogP contribution in [0.4, 0.5) is 17.1 Å². The van der Waals surface area contributed by atoms with Gasteiger partial charge in [0, 0.05) is 12.2 Å². The van der Waals surface area contributed by atoms with Crippen molar-refractivity contribution in [2.45, 2.75) is 19.5 Å². The normalized spacial score (nSPS) is 11.7. The zero-order chi connectivity index (χ0) is 29.3. The van der Waals surface area contributed by atoms with E-state index in [1.807, 2.05) is 0 Å². The number of benzene rings is 2. The third-order valence-electron chi connectivity index (χ3n) is 6.45. The summed E-state index contributed by atoms with van der Waals surface area (Å²) < 4.78 is 1.45. The van der Waals surface area contributed by atoms with Crippen LogP contribution in [0.15, 0.2) is 76.7 Å². The van der Waals surface area contributed by atoms with Crippen LogP contribution in [0.3, 0.4) is 0 Å². The van der Waals surface area contributed by atoms with Gasteiger partial charge < -0.3 is 26.8 Å². The lowest BCUT2D eigenvalue weighted by molar-refractivity contribution is 0.0696. The molecular formula is C28H23N7O6. The largest absolute Gasteiger partial charge is 0.478 e. The van der Waals surface area contributed by atoms with Crippen molar-refractivity contribution in [3.8, 4) is 0 Å². The number of fused-ring (bicyclic) bond motifs is 1. The second kappa shape index (κ2) is 10.7. The van der Waals surface area contributed by atoms with E-state index >= 15 is 0 Å². The summed E-state index contributed by atoms with van der Waals surface area (Å²) in [6, 6.07) is 13.9. The second-order valence-corrected chi connectivity index (χ2v) is 9.23. The zero-order valence-electron chi connectivity index (χ0n) is 21.5. The quantitative estimate of drug-likeness (QED) is 0.168. The number of aromatic nitrogens is 3. The van der Waals surface area contributed by atoms with Crippen LogP contribution in [0, 0.1) is 0 Å². The van der Waals surface area contributed by atoms with Gasteiger partial charge >= 0.3 is 5.97 Å². The van der Waals surface area contributed by atoms with Gasteiger partial charge in [-0.05, 0) is 48.4 Å². The summed E-state index contributed by atoms with van der Waals surface area (Å²) in [5, 5.41) is 17.5. The molecule has 5 aromatic rings. The summed E-state index contributed by atoms with van der Waals surface area (Å²) in [4.78, 5) is 68.7. The van der Waals surface area contributed by atoms with E-state index in [1.165, 1.54) is 35.1 Å². The third-order valence-corrected chi connectivity index (χ3v) is 6.45. The molecule has 0 saturated carbocycles. The van der Waals surface area contributed by atoms with Gasteiger partial charge in [0.05, 0.1) is 17.8 Å². The number of nitrogens with zero attached hydrogens (tertiary/aromatic N) is 3. The highest BCUT2D eigenvalue weighted by molar-refractivity contribution is 5.98. The van der Waals surface area contributed by atoms with E-state index in [-0.39, 0.29) is 40.5 Å². The SMILES string of the molecule is C[C@@H](NC(=O)c1cc(C(=O)NCc2cccc(Nc3c(N)c(=O)c3=O)c2)nc2cncn12)c1ccc(C(=O)O)cc1. The summed E-state index contributed by atoms with van der Waals surface area (Å²) in [6.07, 6.45) is 2.83. The first-order valence-corrected chi connectivity index (χ1v) is 12.3. The molecule has 0 aliphatic heterocycles. The molecule has 0 spiro atoms. The van der Waals surface area contributed by atoms with E-state index in [9.17, 15) is 24.0 Å². The molecule has 6 N–H and O–H groups in total. The van der Waals surface area contributed by atoms with E-state index in [0.29, 0.717) is 16.8 Å². The maximum absolute atomic E-state index is 13.2. The van der Waals surface area contributed by atoms with Crippen molar-refractivity contribution in [1.29, 1.82) is 0 Å². The number of nitrogen functional groups attached to an aromatic ring is 1. The lowest BCUT2D eigenvalue weighted by Crippen LogP contribution is -2.36. The van der Waals surface area contributed by atoms with Crippen molar-refractivity contribution in [2.75, 3.05) is 11.1 Å². The number of hydrogen-bond acceptors (Lipinski definition) is 9. The molecule has 0 bridgehead atoms. The first-order valence-electron chi connectivity index (χ1n) is 12.3. The molecule has 0 aliphatic rings. The number of carbonyl (C=O) groups is 3. The number of carboxylic acids is 1. The molecule has 13 heteroatoms. The van der Waals surface area contributed by atoms with Crippen molar-refractivity contribution in [3.63, 3.8) is 0 Å². The van der Waals surface area contributed by atoms with Crippen LogP contribution in [-0.2, 0) is 6.54 Å². The van der Waals surface area contributed by atoms with Crippen molar-refractivity contribution in [3.05, 3.63) is 116 Å². The van der Waals surface area contributed by atoms with Gasteiger partial charge in [0.15, 0.2) is 5.65 Å². The molecule has 5 rings (SSSR count).